The summed E-state index contributed by atoms with van der Waals surface area (Å²) in [6.45, 7) is 12.1. The molecular formula is C30H42O9. The Balaban J connectivity index is 1.42. The van der Waals surface area contributed by atoms with E-state index >= 15 is 0 Å². The maximum Gasteiger partial charge on any atom is 0.344 e. The summed E-state index contributed by atoms with van der Waals surface area (Å²) >= 11 is 0. The van der Waals surface area contributed by atoms with Crippen molar-refractivity contribution in [2.75, 3.05) is 6.61 Å². The molecule has 0 amide bonds. The molecule has 8 aliphatic rings. The highest BCUT2D eigenvalue weighted by Crippen LogP contribution is 2.77. The van der Waals surface area contributed by atoms with Crippen LogP contribution in [0.2, 0.25) is 0 Å². The molecule has 2 aliphatic carbocycles. The van der Waals surface area contributed by atoms with Gasteiger partial charge >= 0.3 is 5.97 Å². The van der Waals surface area contributed by atoms with E-state index in [1.807, 2.05) is 13.8 Å². The van der Waals surface area contributed by atoms with Crippen molar-refractivity contribution < 1.29 is 43.4 Å². The van der Waals surface area contributed by atoms with Crippen LogP contribution in [-0.4, -0.2) is 75.3 Å². The van der Waals surface area contributed by atoms with Crippen LogP contribution >= 0.6 is 0 Å². The average Bonchev–Trinajstić information content (AvgIpc) is 3.39. The zero-order valence-electron chi connectivity index (χ0n) is 23.4. The summed E-state index contributed by atoms with van der Waals surface area (Å²) < 4.78 is 40.2. The van der Waals surface area contributed by atoms with E-state index in [0.717, 1.165) is 44.1 Å². The quantitative estimate of drug-likeness (QED) is 0.306. The predicted molar refractivity (Wildman–Crippen MR) is 135 cm³/mol. The van der Waals surface area contributed by atoms with Crippen molar-refractivity contribution in [1.29, 1.82) is 0 Å². The maximum absolute atomic E-state index is 14.0. The van der Waals surface area contributed by atoms with E-state index < -0.39 is 76.9 Å². The van der Waals surface area contributed by atoms with Crippen LogP contribution in [0.4, 0.5) is 0 Å². The third kappa shape index (κ3) is 2.63. The molecular weight excluding hydrogens is 504 g/mol. The van der Waals surface area contributed by atoms with Gasteiger partial charge in [0, 0.05) is 31.1 Å². The molecule has 2 N–H and O–H groups in total. The van der Waals surface area contributed by atoms with Gasteiger partial charge in [-0.2, -0.15) is 0 Å². The van der Waals surface area contributed by atoms with Crippen LogP contribution < -0.4 is 0 Å². The molecule has 2 saturated carbocycles. The van der Waals surface area contributed by atoms with Gasteiger partial charge in [0.25, 0.3) is 5.97 Å². The van der Waals surface area contributed by atoms with Crippen molar-refractivity contribution in [1.82, 2.24) is 0 Å². The first-order chi connectivity index (χ1) is 18.5. The van der Waals surface area contributed by atoms with E-state index in [2.05, 4.69) is 20.4 Å². The van der Waals surface area contributed by atoms with Gasteiger partial charge in [-0.1, -0.05) is 52.5 Å². The Hall–Kier alpha value is -1.07. The number of aliphatic hydroxyl groups excluding tert-OH is 2. The Kier molecular flexibility index (Phi) is 4.90. The van der Waals surface area contributed by atoms with Gasteiger partial charge in [0.05, 0.1) is 12.2 Å². The molecule has 216 valence electrons. The molecule has 9 nitrogen and oxygen atoms in total. The molecule has 8 rings (SSSR count). The predicted octanol–water partition coefficient (Wildman–Crippen LogP) is 2.95. The summed E-state index contributed by atoms with van der Waals surface area (Å²) in [5.41, 5.74) is -4.00. The van der Waals surface area contributed by atoms with Crippen molar-refractivity contribution >= 4 is 5.97 Å². The van der Waals surface area contributed by atoms with Crippen LogP contribution in [0.15, 0.2) is 12.2 Å². The summed E-state index contributed by atoms with van der Waals surface area (Å²) in [6, 6.07) is 0. The summed E-state index contributed by atoms with van der Waals surface area (Å²) in [5, 5.41) is 22.9. The number of epoxide rings is 1. The molecule has 9 heteroatoms. The number of esters is 1. The van der Waals surface area contributed by atoms with Crippen LogP contribution in [0.25, 0.3) is 0 Å². The van der Waals surface area contributed by atoms with Crippen LogP contribution in [0, 0.1) is 29.6 Å². The van der Waals surface area contributed by atoms with Gasteiger partial charge in [0.15, 0.2) is 0 Å². The van der Waals surface area contributed by atoms with Crippen LogP contribution in [0.5, 0.6) is 0 Å². The van der Waals surface area contributed by atoms with Gasteiger partial charge in [-0.05, 0) is 37.2 Å². The lowest BCUT2D eigenvalue weighted by atomic mass is 9.50. The van der Waals surface area contributed by atoms with E-state index in [-0.39, 0.29) is 17.8 Å². The lowest BCUT2D eigenvalue weighted by Gasteiger charge is -2.61. The van der Waals surface area contributed by atoms with E-state index in [4.69, 9.17) is 28.4 Å². The Morgan fingerprint density at radius 1 is 1.03 bits per heavy atom. The second kappa shape index (κ2) is 7.46. The zero-order valence-corrected chi connectivity index (χ0v) is 23.4. The Morgan fingerprint density at radius 2 is 1.77 bits per heavy atom. The topological polar surface area (TPSA) is 116 Å². The molecule has 0 aromatic carbocycles. The summed E-state index contributed by atoms with van der Waals surface area (Å²) in [4.78, 5) is 14.0. The van der Waals surface area contributed by atoms with Crippen LogP contribution in [0.3, 0.4) is 0 Å². The van der Waals surface area contributed by atoms with Crippen molar-refractivity contribution in [3.63, 3.8) is 0 Å². The second-order valence-corrected chi connectivity index (χ2v) is 14.2. The molecule has 1 unspecified atom stereocenters. The lowest BCUT2D eigenvalue weighted by molar-refractivity contribution is -0.435. The van der Waals surface area contributed by atoms with Crippen LogP contribution in [-0.2, 0) is 33.2 Å². The normalized spacial score (nSPS) is 62.4. The summed E-state index contributed by atoms with van der Waals surface area (Å²) in [6.07, 6.45) is 4.93. The molecule has 39 heavy (non-hydrogen) atoms. The molecule has 0 radical (unpaired) electrons. The Bertz CT molecular complexity index is 1140. The minimum atomic E-state index is -1.73. The van der Waals surface area contributed by atoms with E-state index in [1.54, 1.807) is 0 Å². The highest BCUT2D eigenvalue weighted by atomic mass is 16.9. The van der Waals surface area contributed by atoms with Gasteiger partial charge in [0.2, 0.25) is 11.4 Å². The third-order valence-corrected chi connectivity index (χ3v) is 12.3. The smallest absolute Gasteiger partial charge is 0.344 e. The highest BCUT2D eigenvalue weighted by molar-refractivity contribution is 5.85. The van der Waals surface area contributed by atoms with Gasteiger partial charge in [-0.25, -0.2) is 4.79 Å². The number of rotatable bonds is 2. The van der Waals surface area contributed by atoms with Crippen LogP contribution in [0.1, 0.15) is 79.1 Å². The third-order valence-electron chi connectivity index (χ3n) is 12.3. The SMILES string of the molecule is C=C(C)[C@]12C[C@@H](C)[C@]34OC5(CCCCCCC[C@@H](C)[C@@H]6[C@@H]3[C@]3(O[C@]6(C)OC3=O)[C@H](O)[C@@]3(CO)O[C@H]3[C@H]4[C@H]1O5)O2. The molecule has 14 atom stereocenters. The van der Waals surface area contributed by atoms with E-state index in [0.29, 0.717) is 12.8 Å². The number of hydrogen-bond donors (Lipinski definition) is 2. The molecule has 6 heterocycles. The fraction of sp³-hybridized carbons (Fsp3) is 0.900. The highest BCUT2D eigenvalue weighted by Gasteiger charge is 2.93. The number of aliphatic hydroxyl groups is 2. The van der Waals surface area contributed by atoms with Gasteiger partial charge in [-0.15, -0.1) is 0 Å². The number of fused-ring (bicyclic) bond motifs is 3. The number of carbonyl (C=O) groups is 1. The molecule has 8 fully saturated rings. The Labute approximate surface area is 229 Å². The molecule has 3 spiro atoms. The molecule has 0 aromatic rings. The Morgan fingerprint density at radius 3 is 2.51 bits per heavy atom. The largest absolute Gasteiger partial charge is 0.431 e. The van der Waals surface area contributed by atoms with Crippen molar-refractivity contribution in [2.24, 2.45) is 29.6 Å². The maximum atomic E-state index is 14.0. The van der Waals surface area contributed by atoms with E-state index in [1.165, 1.54) is 0 Å². The first-order valence-electron chi connectivity index (χ1n) is 15.1. The van der Waals surface area contributed by atoms with Crippen molar-refractivity contribution in [3.8, 4) is 0 Å². The number of carbonyl (C=O) groups excluding carboxylic acids is 1. The number of hydrogen-bond acceptors (Lipinski definition) is 9. The first-order valence-corrected chi connectivity index (χ1v) is 15.1. The fourth-order valence-electron chi connectivity index (χ4n) is 10.7. The van der Waals surface area contributed by atoms with Crippen molar-refractivity contribution in [3.05, 3.63) is 12.2 Å². The molecule has 5 bridgehead atoms. The molecule has 0 aromatic heterocycles. The standard InChI is InChI=1S/C30H42O9/c1-15(2)26-13-17(4)29-19-21(26)35-28(38-26,39-29)12-10-8-6-7-9-11-16(3)18-20(29)30(24(33)36-25(18,5)37-30)23(32)27(14-31)22(19)34-27/h16-23,31-32H,1,6-14H2,2-5H3/t16-,17-,18-,19-,20+,21-,22+,23-,25+,26-,27+,28?,29-,30+/m1/s1. The first kappa shape index (κ1) is 25.6. The average molecular weight is 547 g/mol. The monoisotopic (exact) mass is 546 g/mol. The van der Waals surface area contributed by atoms with Gasteiger partial charge in [0.1, 0.15) is 29.5 Å². The zero-order chi connectivity index (χ0) is 27.4. The van der Waals surface area contributed by atoms with Crippen molar-refractivity contribution in [2.45, 2.75) is 132 Å². The minimum absolute atomic E-state index is 0.104. The van der Waals surface area contributed by atoms with Gasteiger partial charge < -0.3 is 38.6 Å². The summed E-state index contributed by atoms with van der Waals surface area (Å²) in [7, 11) is 0. The second-order valence-electron chi connectivity index (χ2n) is 14.2. The van der Waals surface area contributed by atoms with E-state index in [9.17, 15) is 15.0 Å². The summed E-state index contributed by atoms with van der Waals surface area (Å²) in [5.74, 6) is -4.22. The molecule has 6 saturated heterocycles. The fourth-order valence-corrected chi connectivity index (χ4v) is 10.7. The molecule has 6 aliphatic heterocycles. The lowest BCUT2D eigenvalue weighted by Crippen LogP contribution is -2.75. The minimum Gasteiger partial charge on any atom is -0.431 e. The number of ether oxygens (including phenoxy) is 6. The van der Waals surface area contributed by atoms with Gasteiger partial charge in [-0.3, -0.25) is 0 Å².